The molecule has 0 spiro atoms. The maximum absolute atomic E-state index is 12.8. The first-order valence-corrected chi connectivity index (χ1v) is 9.52. The zero-order chi connectivity index (χ0) is 18.5. The third-order valence-corrected chi connectivity index (χ3v) is 5.44. The first-order valence-electron chi connectivity index (χ1n) is 9.14. The van der Waals surface area contributed by atoms with Crippen LogP contribution in [0, 0.1) is 5.92 Å². The molecule has 1 aromatic rings. The largest absolute Gasteiger partial charge is 0.383 e. The van der Waals surface area contributed by atoms with Crippen molar-refractivity contribution in [1.82, 2.24) is 9.80 Å². The van der Waals surface area contributed by atoms with Crippen molar-refractivity contribution >= 4 is 29.1 Å². The van der Waals surface area contributed by atoms with Crippen molar-refractivity contribution in [2.75, 3.05) is 57.9 Å². The minimum absolute atomic E-state index is 0.0271. The number of benzene rings is 1. The maximum atomic E-state index is 12.8. The standard InChI is InChI=1S/C19H26ClN3O3/c1-26-12-11-21-7-5-15(6-8-21)19(25)22-9-10-23(18(24)14-22)17-4-2-3-16(20)13-17/h2-4,13,15H,5-12,14H2,1H3. The number of hydrogen-bond donors (Lipinski definition) is 0. The number of hydrogen-bond acceptors (Lipinski definition) is 4. The highest BCUT2D eigenvalue weighted by Gasteiger charge is 2.33. The van der Waals surface area contributed by atoms with Crippen molar-refractivity contribution in [2.45, 2.75) is 12.8 Å². The van der Waals surface area contributed by atoms with Crippen LogP contribution >= 0.6 is 11.6 Å². The molecule has 0 atom stereocenters. The predicted molar refractivity (Wildman–Crippen MR) is 101 cm³/mol. The van der Waals surface area contributed by atoms with Gasteiger partial charge in [-0.05, 0) is 44.1 Å². The second kappa shape index (κ2) is 8.84. The Morgan fingerprint density at radius 3 is 2.65 bits per heavy atom. The number of carbonyl (C=O) groups excluding carboxylic acids is 2. The molecule has 0 aliphatic carbocycles. The molecule has 0 bridgehead atoms. The number of amides is 2. The van der Waals surface area contributed by atoms with Crippen LogP contribution in [0.1, 0.15) is 12.8 Å². The molecule has 0 unspecified atom stereocenters. The zero-order valence-corrected chi connectivity index (χ0v) is 16.0. The smallest absolute Gasteiger partial charge is 0.246 e. The Balaban J connectivity index is 1.52. The SMILES string of the molecule is COCCN1CCC(C(=O)N2CCN(c3cccc(Cl)c3)C(=O)C2)CC1. The number of rotatable bonds is 5. The zero-order valence-electron chi connectivity index (χ0n) is 15.2. The van der Waals surface area contributed by atoms with Gasteiger partial charge in [0.25, 0.3) is 0 Å². The van der Waals surface area contributed by atoms with Gasteiger partial charge in [0, 0.05) is 43.4 Å². The number of halogens is 1. The normalized spacial score (nSPS) is 19.8. The molecule has 0 saturated carbocycles. The number of carbonyl (C=O) groups is 2. The number of nitrogens with zero attached hydrogens (tertiary/aromatic N) is 3. The molecular formula is C19H26ClN3O3. The van der Waals surface area contributed by atoms with E-state index in [2.05, 4.69) is 4.90 Å². The lowest BCUT2D eigenvalue weighted by atomic mass is 9.95. The number of anilines is 1. The van der Waals surface area contributed by atoms with Gasteiger partial charge in [-0.3, -0.25) is 9.59 Å². The number of methoxy groups -OCH3 is 1. The van der Waals surface area contributed by atoms with Gasteiger partial charge in [0.15, 0.2) is 0 Å². The molecule has 2 heterocycles. The van der Waals surface area contributed by atoms with Gasteiger partial charge >= 0.3 is 0 Å². The van der Waals surface area contributed by atoms with Crippen molar-refractivity contribution in [3.05, 3.63) is 29.3 Å². The fraction of sp³-hybridized carbons (Fsp3) is 0.579. The van der Waals surface area contributed by atoms with Crippen LogP contribution in [-0.4, -0.2) is 74.6 Å². The van der Waals surface area contributed by atoms with Crippen LogP contribution in [0.3, 0.4) is 0 Å². The van der Waals surface area contributed by atoms with Gasteiger partial charge in [-0.25, -0.2) is 0 Å². The Morgan fingerprint density at radius 2 is 2.00 bits per heavy atom. The van der Waals surface area contributed by atoms with Crippen LogP contribution in [0.2, 0.25) is 5.02 Å². The van der Waals surface area contributed by atoms with E-state index in [0.29, 0.717) is 18.1 Å². The predicted octanol–water partition coefficient (Wildman–Crippen LogP) is 1.87. The first-order chi connectivity index (χ1) is 12.6. The van der Waals surface area contributed by atoms with Crippen LogP contribution in [0.5, 0.6) is 0 Å². The molecule has 0 radical (unpaired) electrons. The maximum Gasteiger partial charge on any atom is 0.246 e. The number of likely N-dealkylation sites (tertiary alicyclic amines) is 1. The van der Waals surface area contributed by atoms with Crippen LogP contribution < -0.4 is 4.90 Å². The number of ether oxygens (including phenoxy) is 1. The van der Waals surface area contributed by atoms with E-state index in [4.69, 9.17) is 16.3 Å². The second-order valence-electron chi connectivity index (χ2n) is 6.89. The Hall–Kier alpha value is -1.63. The van der Waals surface area contributed by atoms with E-state index in [9.17, 15) is 9.59 Å². The van der Waals surface area contributed by atoms with Crippen molar-refractivity contribution in [1.29, 1.82) is 0 Å². The molecule has 2 fully saturated rings. The molecule has 2 amide bonds. The third-order valence-electron chi connectivity index (χ3n) is 5.20. The molecule has 6 nitrogen and oxygen atoms in total. The van der Waals surface area contributed by atoms with E-state index in [-0.39, 0.29) is 24.3 Å². The quantitative estimate of drug-likeness (QED) is 0.783. The lowest BCUT2D eigenvalue weighted by molar-refractivity contribution is -0.141. The summed E-state index contributed by atoms with van der Waals surface area (Å²) in [5, 5.41) is 0.606. The molecule has 0 N–H and O–H groups in total. The molecule has 26 heavy (non-hydrogen) atoms. The number of piperazine rings is 1. The Labute approximate surface area is 159 Å². The summed E-state index contributed by atoms with van der Waals surface area (Å²) in [6, 6.07) is 7.28. The topological polar surface area (TPSA) is 53.1 Å². The summed E-state index contributed by atoms with van der Waals surface area (Å²) in [5.74, 6) is 0.0965. The summed E-state index contributed by atoms with van der Waals surface area (Å²) in [6.45, 7) is 4.69. The van der Waals surface area contributed by atoms with E-state index >= 15 is 0 Å². The van der Waals surface area contributed by atoms with Crippen molar-refractivity contribution in [3.63, 3.8) is 0 Å². The van der Waals surface area contributed by atoms with Crippen molar-refractivity contribution < 1.29 is 14.3 Å². The van der Waals surface area contributed by atoms with Gasteiger partial charge in [0.05, 0.1) is 6.61 Å². The van der Waals surface area contributed by atoms with Crippen molar-refractivity contribution in [2.24, 2.45) is 5.92 Å². The fourth-order valence-corrected chi connectivity index (χ4v) is 3.84. The second-order valence-corrected chi connectivity index (χ2v) is 7.33. The minimum atomic E-state index is -0.0515. The molecule has 142 valence electrons. The molecule has 7 heteroatoms. The Morgan fingerprint density at radius 1 is 1.23 bits per heavy atom. The fourth-order valence-electron chi connectivity index (χ4n) is 3.66. The van der Waals surface area contributed by atoms with Crippen LogP contribution in [0.25, 0.3) is 0 Å². The average Bonchev–Trinajstić information content (AvgIpc) is 2.66. The molecule has 0 aromatic heterocycles. The van der Waals surface area contributed by atoms with E-state index < -0.39 is 0 Å². The summed E-state index contributed by atoms with van der Waals surface area (Å²) in [6.07, 6.45) is 1.70. The van der Waals surface area contributed by atoms with Gasteiger partial charge in [0.1, 0.15) is 6.54 Å². The highest BCUT2D eigenvalue weighted by atomic mass is 35.5. The highest BCUT2D eigenvalue weighted by molar-refractivity contribution is 6.30. The Bertz CT molecular complexity index is 647. The van der Waals surface area contributed by atoms with E-state index in [1.807, 2.05) is 12.1 Å². The lowest BCUT2D eigenvalue weighted by Crippen LogP contribution is -2.54. The highest BCUT2D eigenvalue weighted by Crippen LogP contribution is 2.24. The van der Waals surface area contributed by atoms with Gasteiger partial charge in [-0.1, -0.05) is 17.7 Å². The molecule has 2 aliphatic rings. The Kier molecular flexibility index (Phi) is 6.51. The van der Waals surface area contributed by atoms with Crippen molar-refractivity contribution in [3.8, 4) is 0 Å². The van der Waals surface area contributed by atoms with Crippen LogP contribution in [0.4, 0.5) is 5.69 Å². The first kappa shape index (κ1) is 19.1. The van der Waals surface area contributed by atoms with Crippen LogP contribution in [-0.2, 0) is 14.3 Å². The van der Waals surface area contributed by atoms with E-state index in [0.717, 1.165) is 44.8 Å². The summed E-state index contributed by atoms with van der Waals surface area (Å²) in [4.78, 5) is 31.1. The van der Waals surface area contributed by atoms with Gasteiger partial charge in [0.2, 0.25) is 11.8 Å². The molecule has 1 aromatic carbocycles. The summed E-state index contributed by atoms with van der Waals surface area (Å²) in [5.41, 5.74) is 0.793. The molecule has 2 aliphatic heterocycles. The van der Waals surface area contributed by atoms with Gasteiger partial charge in [-0.15, -0.1) is 0 Å². The van der Waals surface area contributed by atoms with Crippen LogP contribution in [0.15, 0.2) is 24.3 Å². The summed E-state index contributed by atoms with van der Waals surface area (Å²) < 4.78 is 5.11. The lowest BCUT2D eigenvalue weighted by Gasteiger charge is -2.38. The van der Waals surface area contributed by atoms with Gasteiger partial charge < -0.3 is 19.4 Å². The van der Waals surface area contributed by atoms with E-state index in [1.165, 1.54) is 0 Å². The summed E-state index contributed by atoms with van der Waals surface area (Å²) in [7, 11) is 1.70. The molecule has 3 rings (SSSR count). The minimum Gasteiger partial charge on any atom is -0.383 e. The molecule has 2 saturated heterocycles. The third kappa shape index (κ3) is 4.55. The molecular weight excluding hydrogens is 354 g/mol. The van der Waals surface area contributed by atoms with Gasteiger partial charge in [-0.2, -0.15) is 0 Å². The summed E-state index contributed by atoms with van der Waals surface area (Å²) >= 11 is 6.02. The monoisotopic (exact) mass is 379 g/mol. The van der Waals surface area contributed by atoms with E-state index in [1.54, 1.807) is 29.0 Å². The average molecular weight is 380 g/mol. The number of piperidine rings is 1.